The number of carbonyl (C=O) groups excluding carboxylic acids is 1. The molecule has 2 fully saturated rings. The minimum atomic E-state index is -0.969. The van der Waals surface area contributed by atoms with Crippen LogP contribution in [0.25, 0.3) is 4.91 Å². The van der Waals surface area contributed by atoms with Gasteiger partial charge in [-0.15, -0.1) is 11.8 Å². The van der Waals surface area contributed by atoms with Crippen LogP contribution in [0, 0.1) is 11.8 Å². The number of fused-ring (bicyclic) bond motifs is 1. The van der Waals surface area contributed by atoms with E-state index in [0.29, 0.717) is 24.5 Å². The molecule has 2 N–H and O–H groups in total. The Bertz CT molecular complexity index is 887. The fraction of sp³-hybridized carbons (Fsp3) is 0.500. The Morgan fingerprint density at radius 3 is 3.11 bits per heavy atom. The molecule has 1 aliphatic carbocycles. The van der Waals surface area contributed by atoms with Crippen LogP contribution in [0.5, 0.6) is 0 Å². The normalized spacial score (nSPS) is 32.2. The van der Waals surface area contributed by atoms with Crippen LogP contribution in [0.15, 0.2) is 37.1 Å². The van der Waals surface area contributed by atoms with Crippen molar-refractivity contribution in [2.24, 2.45) is 11.8 Å². The minimum absolute atomic E-state index is 0.0811. The van der Waals surface area contributed by atoms with Crippen molar-refractivity contribution in [3.05, 3.63) is 48.3 Å². The van der Waals surface area contributed by atoms with Gasteiger partial charge >= 0.3 is 0 Å². The van der Waals surface area contributed by atoms with Crippen molar-refractivity contribution in [3.63, 3.8) is 0 Å². The summed E-state index contributed by atoms with van der Waals surface area (Å²) in [5.74, 6) is 1.17. The number of amides is 1. The quantitative estimate of drug-likeness (QED) is 0.824. The Labute approximate surface area is 167 Å². The Hall–Kier alpha value is -2.19. The van der Waals surface area contributed by atoms with Crippen molar-refractivity contribution in [1.29, 1.82) is 0 Å². The topological polar surface area (TPSA) is 95.0 Å². The third kappa shape index (κ3) is 3.04. The van der Waals surface area contributed by atoms with Crippen LogP contribution in [-0.4, -0.2) is 54.4 Å². The number of hydrogen-bond acceptors (Lipinski definition) is 6. The van der Waals surface area contributed by atoms with E-state index in [1.165, 1.54) is 6.33 Å². The number of likely N-dealkylation sites (tertiary alicyclic amines) is 1. The Kier molecular flexibility index (Phi) is 4.47. The smallest absolute Gasteiger partial charge is 0.230 e. The molecule has 146 valence electrons. The highest BCUT2D eigenvalue weighted by Crippen LogP contribution is 2.48. The number of piperidine rings is 1. The highest BCUT2D eigenvalue weighted by molar-refractivity contribution is 8.08. The first-order valence-electron chi connectivity index (χ1n) is 9.77. The zero-order chi connectivity index (χ0) is 19.1. The van der Waals surface area contributed by atoms with Crippen LogP contribution >= 0.6 is 11.8 Å². The minimum Gasteiger partial charge on any atom is -0.383 e. The molecule has 1 amide bonds. The number of aromatic amines is 1. The van der Waals surface area contributed by atoms with Crippen molar-refractivity contribution in [2.45, 2.75) is 37.3 Å². The van der Waals surface area contributed by atoms with Gasteiger partial charge in [-0.1, -0.05) is 6.08 Å². The summed E-state index contributed by atoms with van der Waals surface area (Å²) in [5.41, 5.74) is 0.738. The van der Waals surface area contributed by atoms with Gasteiger partial charge in [0.25, 0.3) is 0 Å². The van der Waals surface area contributed by atoms with Crippen molar-refractivity contribution >= 4 is 22.6 Å². The molecule has 4 unspecified atom stereocenters. The van der Waals surface area contributed by atoms with Gasteiger partial charge in [0.05, 0.1) is 17.8 Å². The third-order valence-corrected chi connectivity index (χ3v) is 7.49. The predicted molar refractivity (Wildman–Crippen MR) is 106 cm³/mol. The van der Waals surface area contributed by atoms with Gasteiger partial charge in [-0.2, -0.15) is 5.10 Å². The Balaban J connectivity index is 1.35. The Morgan fingerprint density at radius 2 is 2.32 bits per heavy atom. The van der Waals surface area contributed by atoms with Crippen molar-refractivity contribution in [3.8, 4) is 0 Å². The molecule has 5 rings (SSSR count). The highest BCUT2D eigenvalue weighted by Gasteiger charge is 2.51. The first kappa shape index (κ1) is 17.9. The lowest BCUT2D eigenvalue weighted by Gasteiger charge is -2.38. The predicted octanol–water partition coefficient (Wildman–Crippen LogP) is 2.19. The molecule has 0 radical (unpaired) electrons. The number of carbonyl (C=O) groups is 1. The maximum Gasteiger partial charge on any atom is 0.230 e. The molecule has 4 heterocycles. The summed E-state index contributed by atoms with van der Waals surface area (Å²) in [4.78, 5) is 24.7. The first-order valence-corrected chi connectivity index (χ1v) is 10.8. The van der Waals surface area contributed by atoms with E-state index in [1.54, 1.807) is 30.2 Å². The van der Waals surface area contributed by atoms with Crippen LogP contribution < -0.4 is 0 Å². The number of H-pyrrole nitrogens is 1. The zero-order valence-electron chi connectivity index (χ0n) is 15.5. The number of rotatable bonds is 3. The molecule has 0 spiro atoms. The molecule has 2 aromatic heterocycles. The Morgan fingerprint density at radius 1 is 1.39 bits per heavy atom. The fourth-order valence-electron chi connectivity index (χ4n) is 4.94. The second kappa shape index (κ2) is 7.00. The number of nitrogens with one attached hydrogen (secondary N) is 1. The zero-order valence-corrected chi connectivity index (χ0v) is 16.3. The summed E-state index contributed by atoms with van der Waals surface area (Å²) >= 11 is 1.71. The van der Waals surface area contributed by atoms with Gasteiger partial charge in [-0.25, -0.2) is 9.97 Å². The molecule has 1 saturated heterocycles. The van der Waals surface area contributed by atoms with Crippen LogP contribution in [-0.2, 0) is 10.4 Å². The molecular formula is C20H23N5O2S. The van der Waals surface area contributed by atoms with Crippen molar-refractivity contribution in [2.75, 3.05) is 12.3 Å². The number of nitrogens with zero attached hydrogens (tertiary/aromatic N) is 4. The lowest BCUT2D eigenvalue weighted by Crippen LogP contribution is -2.48. The molecule has 3 aliphatic rings. The van der Waals surface area contributed by atoms with Crippen LogP contribution in [0.2, 0.25) is 0 Å². The standard InChI is InChI=1S/C20H23N5O2S/c26-19(14-6-17(28-11-14)15-9-23-24-10-15)25-5-1-2-13-7-20(27,8-16(13)25)18-3-4-21-12-22-18/h3-4,6,9-10,12-14,16,27H,1-2,5,7-8,11H2,(H,23,24). The summed E-state index contributed by atoms with van der Waals surface area (Å²) in [7, 11) is 0. The molecule has 4 atom stereocenters. The van der Waals surface area contributed by atoms with Gasteiger partial charge in [0, 0.05) is 47.6 Å². The maximum atomic E-state index is 13.3. The number of thioether (sulfide) groups is 1. The summed E-state index contributed by atoms with van der Waals surface area (Å²) in [6, 6.07) is 1.87. The van der Waals surface area contributed by atoms with E-state index in [4.69, 9.17) is 0 Å². The van der Waals surface area contributed by atoms with Crippen molar-refractivity contribution < 1.29 is 9.90 Å². The largest absolute Gasteiger partial charge is 0.383 e. The molecule has 0 aromatic carbocycles. The summed E-state index contributed by atoms with van der Waals surface area (Å²) in [6.07, 6.45) is 12.1. The average molecular weight is 398 g/mol. The van der Waals surface area contributed by atoms with E-state index in [2.05, 4.69) is 26.2 Å². The molecule has 0 bridgehead atoms. The van der Waals surface area contributed by atoms with Gasteiger partial charge in [0.1, 0.15) is 11.9 Å². The van der Waals surface area contributed by atoms with Crippen LogP contribution in [0.3, 0.4) is 0 Å². The van der Waals surface area contributed by atoms with E-state index < -0.39 is 5.60 Å². The lowest BCUT2D eigenvalue weighted by atomic mass is 9.90. The molecule has 8 heteroatoms. The second-order valence-electron chi connectivity index (χ2n) is 7.97. The monoisotopic (exact) mass is 397 g/mol. The van der Waals surface area contributed by atoms with Gasteiger partial charge in [0.15, 0.2) is 0 Å². The van der Waals surface area contributed by atoms with Gasteiger partial charge < -0.3 is 10.0 Å². The SMILES string of the molecule is O=C(C1C=C(c2cn[nH]c2)SC1)N1CCCC2CC(O)(c3ccncn3)CC21. The fourth-order valence-corrected chi connectivity index (χ4v) is 6.08. The van der Waals surface area contributed by atoms with Gasteiger partial charge in [0.2, 0.25) is 5.91 Å². The van der Waals surface area contributed by atoms with E-state index >= 15 is 0 Å². The molecule has 2 aliphatic heterocycles. The second-order valence-corrected chi connectivity index (χ2v) is 9.03. The van der Waals surface area contributed by atoms with E-state index in [-0.39, 0.29) is 17.9 Å². The maximum absolute atomic E-state index is 13.3. The molecule has 1 saturated carbocycles. The number of hydrogen-bond donors (Lipinski definition) is 2. The van der Waals surface area contributed by atoms with E-state index in [9.17, 15) is 9.90 Å². The highest BCUT2D eigenvalue weighted by atomic mass is 32.2. The van der Waals surface area contributed by atoms with Crippen LogP contribution in [0.4, 0.5) is 0 Å². The lowest BCUT2D eigenvalue weighted by molar-refractivity contribution is -0.138. The van der Waals surface area contributed by atoms with Gasteiger partial charge in [-0.3, -0.25) is 9.89 Å². The first-order chi connectivity index (χ1) is 13.6. The van der Waals surface area contributed by atoms with Gasteiger partial charge in [-0.05, 0) is 31.2 Å². The van der Waals surface area contributed by atoms with Crippen LogP contribution in [0.1, 0.15) is 36.9 Å². The number of aromatic nitrogens is 4. The molecule has 2 aromatic rings. The summed E-state index contributed by atoms with van der Waals surface area (Å²) in [6.45, 7) is 0.774. The number of aliphatic hydroxyl groups is 1. The third-order valence-electron chi connectivity index (χ3n) is 6.28. The average Bonchev–Trinajstić information content (AvgIpc) is 3.46. The summed E-state index contributed by atoms with van der Waals surface area (Å²) < 4.78 is 0. The van der Waals surface area contributed by atoms with E-state index in [0.717, 1.165) is 35.6 Å². The molecular weight excluding hydrogens is 374 g/mol. The van der Waals surface area contributed by atoms with E-state index in [1.807, 2.05) is 11.1 Å². The molecule has 28 heavy (non-hydrogen) atoms. The summed E-state index contributed by atoms with van der Waals surface area (Å²) in [5, 5.41) is 18.1. The van der Waals surface area contributed by atoms with Crippen molar-refractivity contribution in [1.82, 2.24) is 25.1 Å². The molecule has 7 nitrogen and oxygen atoms in total.